The molecule has 0 bridgehead atoms. The van der Waals surface area contributed by atoms with E-state index in [1.54, 1.807) is 24.3 Å². The third-order valence-electron chi connectivity index (χ3n) is 2.87. The maximum atomic E-state index is 13.1. The SMILES string of the molecule is Cc1cc(C(=O)OCc2cc(F)ccc2Br)ccc1N. The monoisotopic (exact) mass is 337 g/mol. The van der Waals surface area contributed by atoms with Crippen LogP contribution in [0, 0.1) is 12.7 Å². The minimum Gasteiger partial charge on any atom is -0.457 e. The number of aryl methyl sites for hydroxylation is 1. The number of carbonyl (C=O) groups is 1. The van der Waals surface area contributed by atoms with Crippen molar-refractivity contribution in [2.75, 3.05) is 5.73 Å². The van der Waals surface area contributed by atoms with Gasteiger partial charge < -0.3 is 10.5 Å². The van der Waals surface area contributed by atoms with Crippen molar-refractivity contribution in [2.45, 2.75) is 13.5 Å². The molecule has 0 heterocycles. The molecule has 5 heteroatoms. The number of rotatable bonds is 3. The van der Waals surface area contributed by atoms with E-state index in [2.05, 4.69) is 15.9 Å². The van der Waals surface area contributed by atoms with Crippen molar-refractivity contribution in [3.8, 4) is 0 Å². The summed E-state index contributed by atoms with van der Waals surface area (Å²) < 4.78 is 19.0. The molecule has 0 spiro atoms. The van der Waals surface area contributed by atoms with Crippen LogP contribution in [0.5, 0.6) is 0 Å². The second-order valence-electron chi connectivity index (χ2n) is 4.38. The topological polar surface area (TPSA) is 52.3 Å². The maximum Gasteiger partial charge on any atom is 0.338 e. The van der Waals surface area contributed by atoms with Crippen LogP contribution in [-0.2, 0) is 11.3 Å². The molecule has 0 atom stereocenters. The molecule has 104 valence electrons. The zero-order valence-corrected chi connectivity index (χ0v) is 12.4. The van der Waals surface area contributed by atoms with Crippen LogP contribution < -0.4 is 5.73 Å². The number of carbonyl (C=O) groups excluding carboxylic acids is 1. The molecule has 0 radical (unpaired) electrons. The molecule has 0 aliphatic carbocycles. The van der Waals surface area contributed by atoms with Crippen molar-refractivity contribution in [3.05, 3.63) is 63.4 Å². The molecule has 2 aromatic carbocycles. The molecule has 0 saturated carbocycles. The van der Waals surface area contributed by atoms with Gasteiger partial charge in [-0.1, -0.05) is 15.9 Å². The fraction of sp³-hybridized carbons (Fsp3) is 0.133. The van der Waals surface area contributed by atoms with Gasteiger partial charge in [0, 0.05) is 15.7 Å². The summed E-state index contributed by atoms with van der Waals surface area (Å²) in [6.07, 6.45) is 0. The minimum absolute atomic E-state index is 0.000596. The number of nitrogens with two attached hydrogens (primary N) is 1. The molecule has 2 aromatic rings. The van der Waals surface area contributed by atoms with Crippen LogP contribution in [0.4, 0.5) is 10.1 Å². The summed E-state index contributed by atoms with van der Waals surface area (Å²) in [5.74, 6) is -0.841. The van der Waals surface area contributed by atoms with Crippen LogP contribution in [0.15, 0.2) is 40.9 Å². The third-order valence-corrected chi connectivity index (χ3v) is 3.65. The van der Waals surface area contributed by atoms with Crippen molar-refractivity contribution in [1.29, 1.82) is 0 Å². The first-order chi connectivity index (χ1) is 9.47. The molecule has 2 rings (SSSR count). The van der Waals surface area contributed by atoms with Crippen LogP contribution >= 0.6 is 15.9 Å². The van der Waals surface area contributed by atoms with Gasteiger partial charge in [-0.25, -0.2) is 9.18 Å². The van der Waals surface area contributed by atoms with E-state index >= 15 is 0 Å². The Morgan fingerprint density at radius 1 is 1.30 bits per heavy atom. The smallest absolute Gasteiger partial charge is 0.338 e. The zero-order chi connectivity index (χ0) is 14.7. The highest BCUT2D eigenvalue weighted by molar-refractivity contribution is 9.10. The predicted molar refractivity (Wildman–Crippen MR) is 78.8 cm³/mol. The summed E-state index contributed by atoms with van der Waals surface area (Å²) in [4.78, 5) is 11.9. The van der Waals surface area contributed by atoms with Gasteiger partial charge in [-0.3, -0.25) is 0 Å². The molecule has 0 aromatic heterocycles. The Labute approximate surface area is 124 Å². The lowest BCUT2D eigenvalue weighted by atomic mass is 10.1. The van der Waals surface area contributed by atoms with Crippen LogP contribution in [0.25, 0.3) is 0 Å². The summed E-state index contributed by atoms with van der Waals surface area (Å²) in [6, 6.07) is 9.16. The first-order valence-electron chi connectivity index (χ1n) is 5.94. The van der Waals surface area contributed by atoms with E-state index in [4.69, 9.17) is 10.5 Å². The molecule has 3 nitrogen and oxygen atoms in total. The molecule has 0 amide bonds. The lowest BCUT2D eigenvalue weighted by Crippen LogP contribution is -2.06. The Morgan fingerprint density at radius 3 is 2.75 bits per heavy atom. The largest absolute Gasteiger partial charge is 0.457 e. The molecular formula is C15H13BrFNO2. The Morgan fingerprint density at radius 2 is 2.05 bits per heavy atom. The molecular weight excluding hydrogens is 325 g/mol. The normalized spacial score (nSPS) is 10.3. The summed E-state index contributed by atoms with van der Waals surface area (Å²) >= 11 is 3.28. The minimum atomic E-state index is -0.468. The Bertz CT molecular complexity index is 658. The summed E-state index contributed by atoms with van der Waals surface area (Å²) in [5.41, 5.74) is 8.12. The van der Waals surface area contributed by atoms with Gasteiger partial charge in [-0.2, -0.15) is 0 Å². The lowest BCUT2D eigenvalue weighted by molar-refractivity contribution is 0.0471. The van der Waals surface area contributed by atoms with Gasteiger partial charge in [0.25, 0.3) is 0 Å². The number of hydrogen-bond donors (Lipinski definition) is 1. The number of benzene rings is 2. The van der Waals surface area contributed by atoms with E-state index in [1.165, 1.54) is 12.1 Å². The van der Waals surface area contributed by atoms with Crippen LogP contribution in [0.3, 0.4) is 0 Å². The van der Waals surface area contributed by atoms with Crippen molar-refractivity contribution < 1.29 is 13.9 Å². The van der Waals surface area contributed by atoms with E-state index < -0.39 is 5.97 Å². The fourth-order valence-corrected chi connectivity index (χ4v) is 2.04. The van der Waals surface area contributed by atoms with Crippen LogP contribution in [0.1, 0.15) is 21.5 Å². The van der Waals surface area contributed by atoms with E-state index in [1.807, 2.05) is 6.92 Å². The quantitative estimate of drug-likeness (QED) is 0.683. The zero-order valence-electron chi connectivity index (χ0n) is 10.8. The summed E-state index contributed by atoms with van der Waals surface area (Å²) in [7, 11) is 0. The third kappa shape index (κ3) is 3.36. The van der Waals surface area contributed by atoms with Crippen molar-refractivity contribution >= 4 is 27.6 Å². The van der Waals surface area contributed by atoms with Crippen LogP contribution in [0.2, 0.25) is 0 Å². The maximum absolute atomic E-state index is 13.1. The number of halogens is 2. The van der Waals surface area contributed by atoms with Crippen molar-refractivity contribution in [2.24, 2.45) is 0 Å². The average molecular weight is 338 g/mol. The Balaban J connectivity index is 2.08. The molecule has 0 unspecified atom stereocenters. The molecule has 0 fully saturated rings. The highest BCUT2D eigenvalue weighted by atomic mass is 79.9. The first kappa shape index (κ1) is 14.5. The van der Waals surface area contributed by atoms with Gasteiger partial charge in [0.15, 0.2) is 0 Å². The van der Waals surface area contributed by atoms with E-state index in [-0.39, 0.29) is 12.4 Å². The molecule has 0 aliphatic rings. The molecule has 0 saturated heterocycles. The van der Waals surface area contributed by atoms with Gasteiger partial charge in [0.2, 0.25) is 0 Å². The fourth-order valence-electron chi connectivity index (χ4n) is 1.68. The Kier molecular flexibility index (Phi) is 4.39. The number of ether oxygens (including phenoxy) is 1. The molecule has 0 aliphatic heterocycles. The standard InChI is InChI=1S/C15H13BrFNO2/c1-9-6-10(2-5-14(9)18)15(19)20-8-11-7-12(17)3-4-13(11)16/h2-7H,8,18H2,1H3. The van der Waals surface area contributed by atoms with E-state index in [9.17, 15) is 9.18 Å². The number of nitrogen functional groups attached to an aromatic ring is 1. The highest BCUT2D eigenvalue weighted by Crippen LogP contribution is 2.20. The van der Waals surface area contributed by atoms with Gasteiger partial charge in [0.05, 0.1) is 5.56 Å². The van der Waals surface area contributed by atoms with Crippen LogP contribution in [-0.4, -0.2) is 5.97 Å². The lowest BCUT2D eigenvalue weighted by Gasteiger charge is -2.08. The Hall–Kier alpha value is -1.88. The van der Waals surface area contributed by atoms with Gasteiger partial charge >= 0.3 is 5.97 Å². The van der Waals surface area contributed by atoms with Gasteiger partial charge in [-0.05, 0) is 48.9 Å². The molecule has 20 heavy (non-hydrogen) atoms. The number of anilines is 1. The van der Waals surface area contributed by atoms with Crippen molar-refractivity contribution in [3.63, 3.8) is 0 Å². The average Bonchev–Trinajstić information content (AvgIpc) is 2.42. The number of esters is 1. The van der Waals surface area contributed by atoms with Crippen molar-refractivity contribution in [1.82, 2.24) is 0 Å². The number of hydrogen-bond acceptors (Lipinski definition) is 3. The first-order valence-corrected chi connectivity index (χ1v) is 6.74. The second-order valence-corrected chi connectivity index (χ2v) is 5.24. The summed E-state index contributed by atoms with van der Waals surface area (Å²) in [5, 5.41) is 0. The van der Waals surface area contributed by atoms with Gasteiger partial charge in [-0.15, -0.1) is 0 Å². The van der Waals surface area contributed by atoms with E-state index in [0.29, 0.717) is 21.3 Å². The highest BCUT2D eigenvalue weighted by Gasteiger charge is 2.10. The molecule has 2 N–H and O–H groups in total. The van der Waals surface area contributed by atoms with E-state index in [0.717, 1.165) is 5.56 Å². The summed E-state index contributed by atoms with van der Waals surface area (Å²) in [6.45, 7) is 1.82. The van der Waals surface area contributed by atoms with Gasteiger partial charge in [0.1, 0.15) is 12.4 Å². The predicted octanol–water partition coefficient (Wildman–Crippen LogP) is 3.84. The second kappa shape index (κ2) is 6.05.